The predicted octanol–water partition coefficient (Wildman–Crippen LogP) is 3.03. The van der Waals surface area contributed by atoms with Gasteiger partial charge in [-0.2, -0.15) is 0 Å². The number of ether oxygens (including phenoxy) is 1. The number of benzene rings is 1. The van der Waals surface area contributed by atoms with Crippen LogP contribution in [0.15, 0.2) is 22.7 Å². The maximum atomic E-state index is 5.19. The van der Waals surface area contributed by atoms with E-state index < -0.39 is 0 Å². The van der Waals surface area contributed by atoms with Crippen molar-refractivity contribution in [2.45, 2.75) is 6.92 Å². The first-order chi connectivity index (χ1) is 5.29. The van der Waals surface area contributed by atoms with E-state index in [1.165, 1.54) is 0 Å². The maximum absolute atomic E-state index is 5.19. The van der Waals surface area contributed by atoms with Crippen molar-refractivity contribution in [2.75, 3.05) is 7.11 Å². The minimum atomic E-state index is 0.898. The quantitative estimate of drug-likeness (QED) is 0.735. The molecule has 1 radical (unpaired) electrons. The maximum Gasteiger partial charge on any atom is 0.136 e. The van der Waals surface area contributed by atoms with Gasteiger partial charge in [0.25, 0.3) is 0 Å². The fourth-order valence-corrected chi connectivity index (χ4v) is 1.51. The van der Waals surface area contributed by atoms with Crippen LogP contribution < -0.4 is 4.74 Å². The molecule has 0 bridgehead atoms. The Morgan fingerprint density at radius 3 is 2.64 bits per heavy atom. The lowest BCUT2D eigenvalue weighted by Crippen LogP contribution is -1.89. The Hall–Kier alpha value is -0.500. The highest BCUT2D eigenvalue weighted by molar-refractivity contribution is 9.10. The molecule has 0 amide bonds. The highest BCUT2D eigenvalue weighted by atomic mass is 79.9. The van der Waals surface area contributed by atoms with Gasteiger partial charge in [-0.25, -0.2) is 0 Å². The van der Waals surface area contributed by atoms with Crippen LogP contribution in [0.1, 0.15) is 12.5 Å². The summed E-state index contributed by atoms with van der Waals surface area (Å²) in [7, 11) is 1.67. The van der Waals surface area contributed by atoms with Crippen molar-refractivity contribution < 1.29 is 4.74 Å². The predicted molar refractivity (Wildman–Crippen MR) is 49.8 cm³/mol. The Morgan fingerprint density at radius 1 is 1.45 bits per heavy atom. The summed E-state index contributed by atoms with van der Waals surface area (Å²) >= 11 is 3.40. The Labute approximate surface area is 75.5 Å². The second kappa shape index (κ2) is 3.77. The average Bonchev–Trinajstić information content (AvgIpc) is 2.04. The van der Waals surface area contributed by atoms with Gasteiger partial charge in [-0.15, -0.1) is 0 Å². The fourth-order valence-electron chi connectivity index (χ4n) is 0.968. The summed E-state index contributed by atoms with van der Waals surface area (Å²) in [5.41, 5.74) is 1.11. The molecule has 11 heavy (non-hydrogen) atoms. The molecule has 0 aromatic heterocycles. The van der Waals surface area contributed by atoms with Gasteiger partial charge in [-0.1, -0.05) is 19.1 Å². The lowest BCUT2D eigenvalue weighted by atomic mass is 10.1. The molecule has 1 rings (SSSR count). The van der Waals surface area contributed by atoms with Crippen LogP contribution in [-0.2, 0) is 0 Å². The average molecular weight is 214 g/mol. The zero-order chi connectivity index (χ0) is 8.27. The molecular formula is C9H10BrO. The molecule has 0 aliphatic rings. The van der Waals surface area contributed by atoms with Crippen LogP contribution in [0, 0.1) is 6.42 Å². The van der Waals surface area contributed by atoms with E-state index in [4.69, 9.17) is 4.74 Å². The summed E-state index contributed by atoms with van der Waals surface area (Å²) in [4.78, 5) is 0. The molecule has 0 aliphatic carbocycles. The molecule has 0 spiro atoms. The molecule has 0 atom stereocenters. The topological polar surface area (TPSA) is 9.23 Å². The molecule has 0 unspecified atom stereocenters. The van der Waals surface area contributed by atoms with E-state index in [9.17, 15) is 0 Å². The van der Waals surface area contributed by atoms with Crippen molar-refractivity contribution in [3.8, 4) is 5.75 Å². The smallest absolute Gasteiger partial charge is 0.136 e. The second-order valence-electron chi connectivity index (χ2n) is 2.15. The minimum Gasteiger partial charge on any atom is -0.495 e. The Bertz CT molecular complexity index is 245. The molecule has 1 aromatic carbocycles. The van der Waals surface area contributed by atoms with Crippen molar-refractivity contribution in [1.29, 1.82) is 0 Å². The van der Waals surface area contributed by atoms with Crippen LogP contribution in [0.25, 0.3) is 0 Å². The minimum absolute atomic E-state index is 0.898. The van der Waals surface area contributed by atoms with Crippen LogP contribution in [0.4, 0.5) is 0 Å². The number of hydrogen-bond donors (Lipinski definition) is 0. The van der Waals surface area contributed by atoms with Gasteiger partial charge < -0.3 is 4.74 Å². The molecule has 0 fully saturated rings. The molecule has 0 N–H and O–H groups in total. The number of rotatable bonds is 2. The summed E-state index contributed by atoms with van der Waals surface area (Å²) in [5, 5.41) is 0. The number of halogens is 1. The zero-order valence-electron chi connectivity index (χ0n) is 6.60. The Morgan fingerprint density at radius 2 is 2.18 bits per heavy atom. The third kappa shape index (κ3) is 1.74. The second-order valence-corrected chi connectivity index (χ2v) is 3.01. The molecule has 0 heterocycles. The van der Waals surface area contributed by atoms with Gasteiger partial charge >= 0.3 is 0 Å². The largest absolute Gasteiger partial charge is 0.495 e. The summed E-state index contributed by atoms with van der Waals surface area (Å²) in [6.07, 6.45) is 2.02. The monoisotopic (exact) mass is 213 g/mol. The van der Waals surface area contributed by atoms with E-state index in [2.05, 4.69) is 15.9 Å². The summed E-state index contributed by atoms with van der Waals surface area (Å²) in [6, 6.07) is 5.97. The van der Waals surface area contributed by atoms with E-state index in [1.54, 1.807) is 7.11 Å². The summed E-state index contributed by atoms with van der Waals surface area (Å²) in [5.74, 6) is 0.898. The van der Waals surface area contributed by atoms with E-state index in [0.717, 1.165) is 15.8 Å². The molecule has 1 aromatic rings. The third-order valence-corrected chi connectivity index (χ3v) is 2.14. The first-order valence-electron chi connectivity index (χ1n) is 3.41. The van der Waals surface area contributed by atoms with E-state index >= 15 is 0 Å². The van der Waals surface area contributed by atoms with Gasteiger partial charge in [0, 0.05) is 0 Å². The lowest BCUT2D eigenvalue weighted by molar-refractivity contribution is 0.409. The number of methoxy groups -OCH3 is 1. The molecule has 0 aliphatic heterocycles. The normalized spacial score (nSPS) is 9.73. The van der Waals surface area contributed by atoms with Gasteiger partial charge in [0.15, 0.2) is 0 Å². The van der Waals surface area contributed by atoms with Crippen molar-refractivity contribution >= 4 is 15.9 Å². The van der Waals surface area contributed by atoms with Crippen molar-refractivity contribution in [3.05, 3.63) is 34.7 Å². The molecule has 59 valence electrons. The molecular weight excluding hydrogens is 204 g/mol. The molecule has 0 saturated carbocycles. The van der Waals surface area contributed by atoms with E-state index in [1.807, 2.05) is 31.5 Å². The van der Waals surface area contributed by atoms with E-state index in [-0.39, 0.29) is 0 Å². The molecule has 2 heteroatoms. The van der Waals surface area contributed by atoms with Crippen molar-refractivity contribution in [1.82, 2.24) is 0 Å². The lowest BCUT2D eigenvalue weighted by Gasteiger charge is -2.07. The van der Waals surface area contributed by atoms with Crippen LogP contribution in [-0.4, -0.2) is 7.11 Å². The number of hydrogen-bond acceptors (Lipinski definition) is 1. The first kappa shape index (κ1) is 8.60. The Balaban J connectivity index is 3.13. The van der Waals surface area contributed by atoms with Crippen LogP contribution in [0.5, 0.6) is 5.75 Å². The van der Waals surface area contributed by atoms with Crippen molar-refractivity contribution in [2.24, 2.45) is 0 Å². The first-order valence-corrected chi connectivity index (χ1v) is 4.20. The highest BCUT2D eigenvalue weighted by Crippen LogP contribution is 2.29. The fraction of sp³-hybridized carbons (Fsp3) is 0.222. The summed E-state index contributed by atoms with van der Waals surface area (Å²) in [6.45, 7) is 1.99. The van der Waals surface area contributed by atoms with Crippen LogP contribution in [0.2, 0.25) is 0 Å². The van der Waals surface area contributed by atoms with E-state index in [0.29, 0.717) is 0 Å². The van der Waals surface area contributed by atoms with Gasteiger partial charge in [-0.3, -0.25) is 0 Å². The molecule has 1 nitrogen and oxygen atoms in total. The molecule has 0 saturated heterocycles. The standard InChI is InChI=1S/C9H10BrO/c1-3-7-5-4-6-8(10)9(7)11-2/h3-6H,1-2H3. The van der Waals surface area contributed by atoms with Crippen molar-refractivity contribution in [3.63, 3.8) is 0 Å². The van der Waals surface area contributed by atoms with Crippen LogP contribution in [0.3, 0.4) is 0 Å². The highest BCUT2D eigenvalue weighted by Gasteiger charge is 2.03. The van der Waals surface area contributed by atoms with Gasteiger partial charge in [-0.05, 0) is 34.0 Å². The van der Waals surface area contributed by atoms with Gasteiger partial charge in [0.2, 0.25) is 0 Å². The number of para-hydroxylation sites is 1. The SMILES string of the molecule is C[CH]c1cccc(Br)c1OC. The van der Waals surface area contributed by atoms with Gasteiger partial charge in [0.05, 0.1) is 11.6 Å². The zero-order valence-corrected chi connectivity index (χ0v) is 8.18. The Kier molecular flexibility index (Phi) is 2.94. The summed E-state index contributed by atoms with van der Waals surface area (Å²) < 4.78 is 6.18. The van der Waals surface area contributed by atoms with Crippen LogP contribution >= 0.6 is 15.9 Å². The third-order valence-electron chi connectivity index (χ3n) is 1.51. The van der Waals surface area contributed by atoms with Gasteiger partial charge in [0.1, 0.15) is 5.75 Å².